The largest absolute Gasteiger partial charge is 0.391 e. The highest BCUT2D eigenvalue weighted by Gasteiger charge is 2.43. The highest BCUT2D eigenvalue weighted by molar-refractivity contribution is 6.01. The highest BCUT2D eigenvalue weighted by atomic mass is 16.5. The van der Waals surface area contributed by atoms with Crippen molar-refractivity contribution in [2.45, 2.75) is 31.5 Å². The van der Waals surface area contributed by atoms with E-state index < -0.39 is 6.10 Å². The maximum atomic E-state index is 12.8. The Morgan fingerprint density at radius 3 is 2.80 bits per heavy atom. The molecule has 2 N–H and O–H groups in total. The minimum absolute atomic E-state index is 0.194. The Kier molecular flexibility index (Phi) is 3.85. The molecule has 3 aromatic rings. The van der Waals surface area contributed by atoms with Crippen LogP contribution in [0.25, 0.3) is 11.3 Å². The maximum Gasteiger partial charge on any atom is 0.257 e. The van der Waals surface area contributed by atoms with E-state index in [4.69, 9.17) is 4.52 Å². The number of carbonyl (C=O) groups is 1. The Balaban J connectivity index is 1.57. The lowest BCUT2D eigenvalue weighted by Gasteiger charge is -2.41. The SMILES string of the molecule is Cc1onc(-c2ccccc2)c1C(=O)N[C@H]1C[C@@H](O)[C@@H]1n1cccn1. The van der Waals surface area contributed by atoms with Crippen molar-refractivity contribution in [3.05, 3.63) is 60.1 Å². The van der Waals surface area contributed by atoms with Crippen LogP contribution in [-0.2, 0) is 0 Å². The molecule has 1 aromatic carbocycles. The van der Waals surface area contributed by atoms with Gasteiger partial charge in [-0.1, -0.05) is 35.5 Å². The van der Waals surface area contributed by atoms with Crippen LogP contribution < -0.4 is 5.32 Å². The van der Waals surface area contributed by atoms with Crippen molar-refractivity contribution in [2.75, 3.05) is 0 Å². The Labute approximate surface area is 144 Å². The molecule has 25 heavy (non-hydrogen) atoms. The molecule has 0 bridgehead atoms. The zero-order valence-corrected chi connectivity index (χ0v) is 13.7. The number of rotatable bonds is 4. The molecule has 2 aromatic heterocycles. The van der Waals surface area contributed by atoms with E-state index in [0.29, 0.717) is 23.4 Å². The molecule has 7 heteroatoms. The second-order valence-corrected chi connectivity index (χ2v) is 6.19. The van der Waals surface area contributed by atoms with Crippen molar-refractivity contribution >= 4 is 5.91 Å². The standard InChI is InChI=1S/C18H18N4O3/c1-11-15(16(21-25-11)12-6-3-2-4-7-12)18(24)20-13-10-14(23)17(13)22-9-5-8-19-22/h2-9,13-14,17,23H,10H2,1H3,(H,20,24)/t13-,14+,17+/m0/s1. The predicted octanol–water partition coefficient (Wildman–Crippen LogP) is 1.95. The summed E-state index contributed by atoms with van der Waals surface area (Å²) in [5, 5.41) is 21.2. The normalized spacial score (nSPS) is 22.4. The molecule has 7 nitrogen and oxygen atoms in total. The molecular formula is C18H18N4O3. The summed E-state index contributed by atoms with van der Waals surface area (Å²) in [4.78, 5) is 12.8. The quantitative estimate of drug-likeness (QED) is 0.758. The first-order chi connectivity index (χ1) is 12.1. The third kappa shape index (κ3) is 2.72. The first-order valence-electron chi connectivity index (χ1n) is 8.15. The molecule has 128 valence electrons. The smallest absolute Gasteiger partial charge is 0.257 e. The average molecular weight is 338 g/mol. The number of nitrogens with one attached hydrogen (secondary N) is 1. The summed E-state index contributed by atoms with van der Waals surface area (Å²) in [6.45, 7) is 1.72. The molecule has 1 aliphatic rings. The van der Waals surface area contributed by atoms with Crippen LogP contribution in [0.15, 0.2) is 53.3 Å². The van der Waals surface area contributed by atoms with E-state index in [-0.39, 0.29) is 18.0 Å². The van der Waals surface area contributed by atoms with E-state index >= 15 is 0 Å². The van der Waals surface area contributed by atoms with Gasteiger partial charge in [0.1, 0.15) is 17.0 Å². The third-order valence-electron chi connectivity index (χ3n) is 4.59. The van der Waals surface area contributed by atoms with Gasteiger partial charge in [0.2, 0.25) is 0 Å². The van der Waals surface area contributed by atoms with Gasteiger partial charge in [-0.05, 0) is 19.4 Å². The van der Waals surface area contributed by atoms with Crippen LogP contribution >= 0.6 is 0 Å². The number of nitrogens with zero attached hydrogens (tertiary/aromatic N) is 3. The number of carbonyl (C=O) groups excluding carboxylic acids is 1. The fourth-order valence-electron chi connectivity index (χ4n) is 3.25. The number of hydrogen-bond acceptors (Lipinski definition) is 5. The molecule has 0 spiro atoms. The average Bonchev–Trinajstić information content (AvgIpc) is 3.24. The lowest BCUT2D eigenvalue weighted by atomic mass is 9.82. The number of hydrogen-bond donors (Lipinski definition) is 2. The number of aliphatic hydroxyl groups excluding tert-OH is 1. The van der Waals surface area contributed by atoms with Crippen LogP contribution in [0.5, 0.6) is 0 Å². The zero-order chi connectivity index (χ0) is 17.4. The molecule has 4 rings (SSSR count). The van der Waals surface area contributed by atoms with Crippen LogP contribution in [0, 0.1) is 6.92 Å². The summed E-state index contributed by atoms with van der Waals surface area (Å²) in [5.41, 5.74) is 1.76. The lowest BCUT2D eigenvalue weighted by Crippen LogP contribution is -2.56. The number of aromatic nitrogens is 3. The van der Waals surface area contributed by atoms with Gasteiger partial charge in [0, 0.05) is 18.0 Å². The summed E-state index contributed by atoms with van der Waals surface area (Å²) in [6.07, 6.45) is 3.40. The summed E-state index contributed by atoms with van der Waals surface area (Å²) < 4.78 is 6.93. The monoisotopic (exact) mass is 338 g/mol. The predicted molar refractivity (Wildman–Crippen MR) is 89.8 cm³/mol. The first-order valence-corrected chi connectivity index (χ1v) is 8.15. The lowest BCUT2D eigenvalue weighted by molar-refractivity contribution is -0.00588. The number of amides is 1. The van der Waals surface area contributed by atoms with Gasteiger partial charge in [-0.2, -0.15) is 5.10 Å². The van der Waals surface area contributed by atoms with Crippen molar-refractivity contribution in [3.63, 3.8) is 0 Å². The van der Waals surface area contributed by atoms with Crippen LogP contribution in [0.1, 0.15) is 28.6 Å². The van der Waals surface area contributed by atoms with Crippen molar-refractivity contribution in [2.24, 2.45) is 0 Å². The van der Waals surface area contributed by atoms with Gasteiger partial charge in [0.05, 0.1) is 18.2 Å². The summed E-state index contributed by atoms with van der Waals surface area (Å²) in [5.74, 6) is 0.207. The van der Waals surface area contributed by atoms with Gasteiger partial charge < -0.3 is 14.9 Å². The Morgan fingerprint density at radius 2 is 2.12 bits per heavy atom. The van der Waals surface area contributed by atoms with Gasteiger partial charge in [-0.15, -0.1) is 0 Å². The van der Waals surface area contributed by atoms with E-state index in [0.717, 1.165) is 5.56 Å². The van der Waals surface area contributed by atoms with Crippen LogP contribution in [-0.4, -0.2) is 38.1 Å². The molecule has 3 atom stereocenters. The van der Waals surface area contributed by atoms with Gasteiger partial charge >= 0.3 is 0 Å². The molecule has 1 saturated carbocycles. The highest BCUT2D eigenvalue weighted by Crippen LogP contribution is 2.33. The van der Waals surface area contributed by atoms with Crippen LogP contribution in [0.2, 0.25) is 0 Å². The Bertz CT molecular complexity index is 873. The van der Waals surface area contributed by atoms with E-state index in [9.17, 15) is 9.90 Å². The van der Waals surface area contributed by atoms with Gasteiger partial charge in [-0.3, -0.25) is 9.48 Å². The van der Waals surface area contributed by atoms with Gasteiger partial charge in [0.15, 0.2) is 0 Å². The summed E-state index contributed by atoms with van der Waals surface area (Å²) in [6, 6.07) is 10.8. The zero-order valence-electron chi connectivity index (χ0n) is 13.7. The van der Waals surface area contributed by atoms with E-state index in [2.05, 4.69) is 15.6 Å². The van der Waals surface area contributed by atoms with Crippen molar-refractivity contribution in [1.82, 2.24) is 20.3 Å². The minimum atomic E-state index is -0.526. The molecule has 1 aliphatic carbocycles. The fourth-order valence-corrected chi connectivity index (χ4v) is 3.25. The molecule has 2 heterocycles. The molecule has 0 radical (unpaired) electrons. The van der Waals surface area contributed by atoms with E-state index in [1.165, 1.54) is 0 Å². The minimum Gasteiger partial charge on any atom is -0.391 e. The van der Waals surface area contributed by atoms with Crippen LogP contribution in [0.4, 0.5) is 0 Å². The molecule has 1 fully saturated rings. The van der Waals surface area contributed by atoms with Gasteiger partial charge in [0.25, 0.3) is 5.91 Å². The second-order valence-electron chi connectivity index (χ2n) is 6.19. The number of benzene rings is 1. The maximum absolute atomic E-state index is 12.8. The molecule has 1 amide bonds. The fraction of sp³-hybridized carbons (Fsp3) is 0.278. The van der Waals surface area contributed by atoms with Crippen molar-refractivity contribution in [3.8, 4) is 11.3 Å². The molecule has 0 aliphatic heterocycles. The topological polar surface area (TPSA) is 93.2 Å². The van der Waals surface area contributed by atoms with Crippen LogP contribution in [0.3, 0.4) is 0 Å². The first kappa shape index (κ1) is 15.6. The van der Waals surface area contributed by atoms with E-state index in [1.54, 1.807) is 30.1 Å². The van der Waals surface area contributed by atoms with Crippen molar-refractivity contribution in [1.29, 1.82) is 0 Å². The van der Waals surface area contributed by atoms with Crippen molar-refractivity contribution < 1.29 is 14.4 Å². The summed E-state index contributed by atoms with van der Waals surface area (Å²) >= 11 is 0. The molecule has 0 saturated heterocycles. The second kappa shape index (κ2) is 6.18. The third-order valence-corrected chi connectivity index (χ3v) is 4.59. The Hall–Kier alpha value is -2.93. The molecule has 0 unspecified atom stereocenters. The number of aliphatic hydroxyl groups is 1. The van der Waals surface area contributed by atoms with E-state index in [1.807, 2.05) is 30.3 Å². The molecular weight excluding hydrogens is 320 g/mol. The summed E-state index contributed by atoms with van der Waals surface area (Å²) in [7, 11) is 0. The van der Waals surface area contributed by atoms with Gasteiger partial charge in [-0.25, -0.2) is 0 Å². The Morgan fingerprint density at radius 1 is 1.32 bits per heavy atom. The number of aryl methyl sites for hydroxylation is 1.